The summed E-state index contributed by atoms with van der Waals surface area (Å²) >= 11 is 0. The van der Waals surface area contributed by atoms with Crippen LogP contribution in [0.2, 0.25) is 0 Å². The molecule has 2 fully saturated rings. The van der Waals surface area contributed by atoms with E-state index in [1.807, 2.05) is 13.0 Å². The number of allylic oxidation sites excluding steroid dienone is 1. The Morgan fingerprint density at radius 2 is 1.75 bits per heavy atom. The van der Waals surface area contributed by atoms with E-state index in [0.717, 1.165) is 30.5 Å². The van der Waals surface area contributed by atoms with Crippen LogP contribution in [0.15, 0.2) is 59.5 Å². The number of methoxy groups -OCH3 is 1. The van der Waals surface area contributed by atoms with Crippen LogP contribution >= 0.6 is 0 Å². The minimum absolute atomic E-state index is 0.0243. The van der Waals surface area contributed by atoms with Crippen LogP contribution in [0.3, 0.4) is 0 Å². The molecule has 0 aromatic heterocycles. The number of aliphatic hydroxyl groups is 1. The zero-order valence-electron chi connectivity index (χ0n) is 18.7. The molecule has 0 saturated carbocycles. The van der Waals surface area contributed by atoms with E-state index in [2.05, 4.69) is 35.2 Å². The van der Waals surface area contributed by atoms with Crippen molar-refractivity contribution in [2.75, 3.05) is 33.4 Å². The van der Waals surface area contributed by atoms with Crippen LogP contribution < -0.4 is 4.74 Å². The molecule has 7 heteroatoms. The second-order valence-corrected chi connectivity index (χ2v) is 10.4. The van der Waals surface area contributed by atoms with E-state index in [-0.39, 0.29) is 29.5 Å². The van der Waals surface area contributed by atoms with Gasteiger partial charge in [-0.1, -0.05) is 36.4 Å². The minimum atomic E-state index is -3.61. The van der Waals surface area contributed by atoms with Gasteiger partial charge in [0.25, 0.3) is 0 Å². The lowest BCUT2D eigenvalue weighted by molar-refractivity contribution is -0.0553. The molecule has 6 nitrogen and oxygen atoms in total. The first-order valence-electron chi connectivity index (χ1n) is 11.2. The van der Waals surface area contributed by atoms with Crippen LogP contribution in [0.1, 0.15) is 36.8 Å². The monoisotopic (exact) mass is 456 g/mol. The summed E-state index contributed by atoms with van der Waals surface area (Å²) in [6.07, 6.45) is 5.78. The maximum atomic E-state index is 13.4. The van der Waals surface area contributed by atoms with Gasteiger partial charge >= 0.3 is 0 Å². The zero-order valence-corrected chi connectivity index (χ0v) is 19.5. The summed E-state index contributed by atoms with van der Waals surface area (Å²) in [6, 6.07) is 15.1. The van der Waals surface area contributed by atoms with Gasteiger partial charge in [-0.2, -0.15) is 4.31 Å². The lowest BCUT2D eigenvalue weighted by atomic mass is 9.74. The van der Waals surface area contributed by atoms with Crippen molar-refractivity contribution in [2.45, 2.75) is 42.7 Å². The Morgan fingerprint density at radius 1 is 1.06 bits per heavy atom. The van der Waals surface area contributed by atoms with Crippen molar-refractivity contribution < 1.29 is 18.3 Å². The Bertz CT molecular complexity index is 1030. The number of aliphatic hydroxyl groups excluding tert-OH is 1. The van der Waals surface area contributed by atoms with Crippen LogP contribution in [0.5, 0.6) is 5.75 Å². The maximum absolute atomic E-state index is 13.4. The molecule has 0 bridgehead atoms. The van der Waals surface area contributed by atoms with Crippen molar-refractivity contribution >= 4 is 16.1 Å². The predicted octanol–water partition coefficient (Wildman–Crippen LogP) is 3.34. The number of fused-ring (bicyclic) bond motifs is 1. The van der Waals surface area contributed by atoms with E-state index in [9.17, 15) is 13.5 Å². The molecule has 2 aliphatic rings. The van der Waals surface area contributed by atoms with Crippen LogP contribution in [0.25, 0.3) is 6.08 Å². The highest BCUT2D eigenvalue weighted by molar-refractivity contribution is 7.89. The Kier molecular flexibility index (Phi) is 7.00. The molecule has 172 valence electrons. The highest BCUT2D eigenvalue weighted by Crippen LogP contribution is 2.42. The lowest BCUT2D eigenvalue weighted by Gasteiger charge is -2.57. The van der Waals surface area contributed by atoms with E-state index in [4.69, 9.17) is 4.74 Å². The SMILES string of the molecule is C/C=C/c1ccc([C@H]2[C@@H](CO)N3CCCCN(S(=O)(=O)c4ccc(OC)cc4)C[C@@H]23)cc1. The second-order valence-electron chi connectivity index (χ2n) is 8.49. The lowest BCUT2D eigenvalue weighted by Crippen LogP contribution is -2.67. The molecule has 4 rings (SSSR count). The molecule has 32 heavy (non-hydrogen) atoms. The molecule has 0 amide bonds. The number of sulfonamides is 1. The molecule has 2 aliphatic heterocycles. The third kappa shape index (κ3) is 4.35. The van der Waals surface area contributed by atoms with Gasteiger partial charge in [0.15, 0.2) is 0 Å². The Labute approximate surface area is 191 Å². The number of nitrogens with zero attached hydrogens (tertiary/aromatic N) is 2. The maximum Gasteiger partial charge on any atom is 0.243 e. The molecule has 2 saturated heterocycles. The van der Waals surface area contributed by atoms with Crippen molar-refractivity contribution in [2.24, 2.45) is 0 Å². The highest BCUT2D eigenvalue weighted by atomic mass is 32.2. The normalized spacial score (nSPS) is 25.0. The summed E-state index contributed by atoms with van der Waals surface area (Å²) in [5, 5.41) is 10.1. The van der Waals surface area contributed by atoms with Crippen molar-refractivity contribution in [1.82, 2.24) is 9.21 Å². The van der Waals surface area contributed by atoms with E-state index in [0.29, 0.717) is 18.8 Å². The standard InChI is InChI=1S/C25H32N2O4S/c1-3-6-19-7-9-20(10-8-19)25-23-17-26(15-4-5-16-27(23)24(25)18-28)32(29,30)22-13-11-21(31-2)12-14-22/h3,6-14,23-25,28H,4-5,15-18H2,1-2H3/b6-3+/t23-,24+,25+/m0/s1. The highest BCUT2D eigenvalue weighted by Gasteiger charge is 2.50. The molecule has 0 aliphatic carbocycles. The summed E-state index contributed by atoms with van der Waals surface area (Å²) in [5.74, 6) is 0.736. The van der Waals surface area contributed by atoms with Crippen molar-refractivity contribution in [3.05, 3.63) is 65.7 Å². The largest absolute Gasteiger partial charge is 0.497 e. The first-order valence-corrected chi connectivity index (χ1v) is 12.7. The van der Waals surface area contributed by atoms with E-state index in [1.54, 1.807) is 35.7 Å². The van der Waals surface area contributed by atoms with Gasteiger partial charge in [-0.25, -0.2) is 8.42 Å². The van der Waals surface area contributed by atoms with Crippen LogP contribution in [0.4, 0.5) is 0 Å². The van der Waals surface area contributed by atoms with Gasteiger partial charge in [0.1, 0.15) is 5.75 Å². The van der Waals surface area contributed by atoms with Crippen molar-refractivity contribution in [1.29, 1.82) is 0 Å². The quantitative estimate of drug-likeness (QED) is 0.722. The fraction of sp³-hybridized carbons (Fsp3) is 0.440. The third-order valence-corrected chi connectivity index (χ3v) is 8.59. The van der Waals surface area contributed by atoms with Gasteiger partial charge in [-0.3, -0.25) is 4.90 Å². The van der Waals surface area contributed by atoms with Gasteiger partial charge < -0.3 is 9.84 Å². The summed E-state index contributed by atoms with van der Waals surface area (Å²) < 4.78 is 33.7. The first kappa shape index (κ1) is 23.0. The minimum Gasteiger partial charge on any atom is -0.497 e. The van der Waals surface area contributed by atoms with Crippen molar-refractivity contribution in [3.63, 3.8) is 0 Å². The van der Waals surface area contributed by atoms with E-state index < -0.39 is 10.0 Å². The molecule has 2 aromatic carbocycles. The zero-order chi connectivity index (χ0) is 22.7. The van der Waals surface area contributed by atoms with Gasteiger partial charge in [0.05, 0.1) is 18.6 Å². The van der Waals surface area contributed by atoms with Gasteiger partial charge in [-0.15, -0.1) is 0 Å². The second kappa shape index (κ2) is 9.75. The Hall–Kier alpha value is -2.19. The molecule has 2 heterocycles. The van der Waals surface area contributed by atoms with Crippen LogP contribution in [-0.4, -0.2) is 68.2 Å². The Balaban J connectivity index is 1.61. The predicted molar refractivity (Wildman–Crippen MR) is 126 cm³/mol. The number of rotatable bonds is 6. The molecule has 0 spiro atoms. The van der Waals surface area contributed by atoms with Gasteiger partial charge in [0, 0.05) is 31.1 Å². The average Bonchev–Trinajstić information content (AvgIpc) is 2.79. The smallest absolute Gasteiger partial charge is 0.243 e. The summed E-state index contributed by atoms with van der Waals surface area (Å²) in [4.78, 5) is 2.58. The first-order chi connectivity index (χ1) is 15.5. The number of hydrogen-bond donors (Lipinski definition) is 1. The third-order valence-electron chi connectivity index (χ3n) is 6.71. The number of hydrogen-bond acceptors (Lipinski definition) is 5. The van der Waals surface area contributed by atoms with Gasteiger partial charge in [0.2, 0.25) is 10.0 Å². The van der Waals surface area contributed by atoms with E-state index in [1.165, 1.54) is 0 Å². The number of benzene rings is 2. The number of ether oxygens (including phenoxy) is 1. The summed E-state index contributed by atoms with van der Waals surface area (Å²) in [5.41, 5.74) is 2.29. The van der Waals surface area contributed by atoms with Crippen LogP contribution in [0, 0.1) is 0 Å². The summed E-state index contributed by atoms with van der Waals surface area (Å²) in [6.45, 7) is 3.88. The van der Waals surface area contributed by atoms with E-state index >= 15 is 0 Å². The fourth-order valence-corrected chi connectivity index (χ4v) is 6.54. The van der Waals surface area contributed by atoms with Crippen molar-refractivity contribution in [3.8, 4) is 5.75 Å². The molecule has 0 unspecified atom stereocenters. The molecule has 0 radical (unpaired) electrons. The summed E-state index contributed by atoms with van der Waals surface area (Å²) in [7, 11) is -2.05. The topological polar surface area (TPSA) is 70.1 Å². The molecular weight excluding hydrogens is 424 g/mol. The molecular formula is C25H32N2O4S. The Morgan fingerprint density at radius 3 is 2.38 bits per heavy atom. The average molecular weight is 457 g/mol. The molecule has 2 aromatic rings. The fourth-order valence-electron chi connectivity index (χ4n) is 5.05. The van der Waals surface area contributed by atoms with Gasteiger partial charge in [-0.05, 0) is 61.7 Å². The molecule has 1 N–H and O–H groups in total. The van der Waals surface area contributed by atoms with Crippen LogP contribution in [-0.2, 0) is 10.0 Å². The molecule has 3 atom stereocenters.